The number of carbonyl (C=O) groups excluding carboxylic acids is 3. The number of likely N-dealkylation sites (tertiary alicyclic amines) is 1. The number of carbonyl (C=O) groups is 3. The van der Waals surface area contributed by atoms with Crippen LogP contribution in [0.5, 0.6) is 0 Å². The van der Waals surface area contributed by atoms with Gasteiger partial charge in [-0.05, 0) is 87.3 Å². The Morgan fingerprint density at radius 2 is 1.67 bits per heavy atom. The van der Waals surface area contributed by atoms with Crippen molar-refractivity contribution in [2.75, 3.05) is 31.1 Å². The van der Waals surface area contributed by atoms with Gasteiger partial charge in [0.2, 0.25) is 11.8 Å². The maximum atomic E-state index is 13.4. The van der Waals surface area contributed by atoms with E-state index in [1.807, 2.05) is 18.2 Å². The summed E-state index contributed by atoms with van der Waals surface area (Å²) in [7, 11) is 0. The van der Waals surface area contributed by atoms with E-state index in [0.29, 0.717) is 23.9 Å². The first kappa shape index (κ1) is 20.8. The van der Waals surface area contributed by atoms with Crippen molar-refractivity contribution in [3.05, 3.63) is 41.5 Å². The van der Waals surface area contributed by atoms with Crippen LogP contribution in [-0.2, 0) is 9.59 Å². The van der Waals surface area contributed by atoms with Crippen molar-refractivity contribution >= 4 is 34.2 Å². The first-order valence-corrected chi connectivity index (χ1v) is 12.3. The summed E-state index contributed by atoms with van der Waals surface area (Å²) in [6.45, 7) is 4.49. The van der Waals surface area contributed by atoms with Crippen LogP contribution in [0, 0.1) is 0 Å². The Hall–Kier alpha value is -2.77. The second-order valence-corrected chi connectivity index (χ2v) is 9.84. The minimum atomic E-state index is -0.634. The lowest BCUT2D eigenvalue weighted by Gasteiger charge is -2.39. The van der Waals surface area contributed by atoms with Gasteiger partial charge in [0.1, 0.15) is 6.04 Å². The van der Waals surface area contributed by atoms with Crippen LogP contribution in [0.25, 0.3) is 10.8 Å². The Morgan fingerprint density at radius 1 is 0.879 bits per heavy atom. The van der Waals surface area contributed by atoms with Gasteiger partial charge in [-0.15, -0.1) is 0 Å². The summed E-state index contributed by atoms with van der Waals surface area (Å²) >= 11 is 0. The van der Waals surface area contributed by atoms with Gasteiger partial charge in [-0.2, -0.15) is 0 Å². The molecule has 4 aliphatic rings. The molecule has 0 radical (unpaired) electrons. The van der Waals surface area contributed by atoms with E-state index in [0.717, 1.165) is 55.5 Å². The minimum Gasteiger partial charge on any atom is -0.317 e. The van der Waals surface area contributed by atoms with Crippen molar-refractivity contribution in [3.63, 3.8) is 0 Å². The zero-order valence-corrected chi connectivity index (χ0v) is 18.8. The zero-order valence-electron chi connectivity index (χ0n) is 18.8. The van der Waals surface area contributed by atoms with E-state index < -0.39 is 6.04 Å². The number of hydrogen-bond acceptors (Lipinski definition) is 5. The molecule has 6 rings (SSSR count). The molecule has 0 bridgehead atoms. The average Bonchev–Trinajstić information content (AvgIpc) is 3.13. The Bertz CT molecular complexity index is 1130. The molecule has 172 valence electrons. The smallest absolute Gasteiger partial charge is 0.259 e. The molecule has 0 spiro atoms. The topological polar surface area (TPSA) is 81.8 Å². The van der Waals surface area contributed by atoms with E-state index in [4.69, 9.17) is 0 Å². The molecule has 1 unspecified atom stereocenters. The van der Waals surface area contributed by atoms with Gasteiger partial charge in [0.25, 0.3) is 5.91 Å². The van der Waals surface area contributed by atoms with E-state index >= 15 is 0 Å². The number of amides is 3. The Labute approximate surface area is 193 Å². The largest absolute Gasteiger partial charge is 0.317 e. The number of nitrogens with zero attached hydrogens (tertiary/aromatic N) is 2. The van der Waals surface area contributed by atoms with Crippen molar-refractivity contribution in [2.45, 2.75) is 56.5 Å². The summed E-state index contributed by atoms with van der Waals surface area (Å²) in [6.07, 6.45) is 5.37. The summed E-state index contributed by atoms with van der Waals surface area (Å²) in [5, 5.41) is 7.96. The fourth-order valence-electron chi connectivity index (χ4n) is 6.37. The van der Waals surface area contributed by atoms with Crippen molar-refractivity contribution in [3.8, 4) is 0 Å². The molecule has 2 aromatic carbocycles. The zero-order chi connectivity index (χ0) is 22.5. The quantitative estimate of drug-likeness (QED) is 0.709. The van der Waals surface area contributed by atoms with Crippen molar-refractivity contribution in [2.24, 2.45) is 0 Å². The molecule has 3 fully saturated rings. The minimum absolute atomic E-state index is 0.136. The molecule has 4 heterocycles. The molecule has 2 aromatic rings. The second-order valence-electron chi connectivity index (χ2n) is 9.84. The van der Waals surface area contributed by atoms with Gasteiger partial charge in [-0.3, -0.25) is 24.6 Å². The Balaban J connectivity index is 1.29. The van der Waals surface area contributed by atoms with Crippen LogP contribution in [0.2, 0.25) is 0 Å². The lowest BCUT2D eigenvalue weighted by molar-refractivity contribution is -0.134. The average molecular weight is 447 g/mol. The molecule has 7 nitrogen and oxygen atoms in total. The fourth-order valence-corrected chi connectivity index (χ4v) is 6.37. The molecule has 7 heteroatoms. The third kappa shape index (κ3) is 3.45. The van der Waals surface area contributed by atoms with E-state index in [1.165, 1.54) is 18.4 Å². The number of rotatable bonds is 3. The molecule has 4 aliphatic heterocycles. The molecule has 3 saturated heterocycles. The highest BCUT2D eigenvalue weighted by molar-refractivity contribution is 6.27. The lowest BCUT2D eigenvalue weighted by atomic mass is 9.84. The molecule has 3 amide bonds. The second kappa shape index (κ2) is 8.22. The van der Waals surface area contributed by atoms with Crippen molar-refractivity contribution < 1.29 is 14.4 Å². The monoisotopic (exact) mass is 446 g/mol. The predicted molar refractivity (Wildman–Crippen MR) is 126 cm³/mol. The summed E-state index contributed by atoms with van der Waals surface area (Å²) in [4.78, 5) is 41.8. The number of piperidine rings is 3. The predicted octanol–water partition coefficient (Wildman–Crippen LogP) is 2.54. The molecule has 1 atom stereocenters. The summed E-state index contributed by atoms with van der Waals surface area (Å²) in [5.41, 5.74) is 2.79. The van der Waals surface area contributed by atoms with E-state index in [9.17, 15) is 14.4 Å². The fraction of sp³-hybridized carbons (Fsp3) is 0.500. The molecule has 0 aromatic heterocycles. The lowest BCUT2D eigenvalue weighted by Crippen LogP contribution is -2.53. The number of hydrogen-bond donors (Lipinski definition) is 2. The van der Waals surface area contributed by atoms with Crippen molar-refractivity contribution in [1.29, 1.82) is 0 Å². The Kier molecular flexibility index (Phi) is 5.18. The summed E-state index contributed by atoms with van der Waals surface area (Å²) in [6, 6.07) is 10.2. The van der Waals surface area contributed by atoms with Gasteiger partial charge in [0, 0.05) is 23.4 Å². The summed E-state index contributed by atoms with van der Waals surface area (Å²) < 4.78 is 0. The van der Waals surface area contributed by atoms with E-state index in [-0.39, 0.29) is 24.1 Å². The standard InChI is InChI=1S/C26H30N4O3/c31-23-7-6-22(25(32)28-23)30-21-3-1-2-19-18(4-5-20(24(19)21)26(30)33)16-10-14-29(15-11-16)17-8-12-27-13-9-17/h1-5,16-17,22,27H,6-15H2,(H,28,31,32). The van der Waals surface area contributed by atoms with Gasteiger partial charge in [-0.1, -0.05) is 18.2 Å². The third-order valence-corrected chi connectivity index (χ3v) is 8.08. The van der Waals surface area contributed by atoms with E-state index in [2.05, 4.69) is 27.7 Å². The first-order chi connectivity index (χ1) is 16.1. The highest BCUT2D eigenvalue weighted by Crippen LogP contribution is 2.43. The Morgan fingerprint density at radius 3 is 2.42 bits per heavy atom. The normalized spacial score (nSPS) is 25.2. The number of benzene rings is 2. The maximum absolute atomic E-state index is 13.4. The third-order valence-electron chi connectivity index (χ3n) is 8.08. The van der Waals surface area contributed by atoms with Gasteiger partial charge >= 0.3 is 0 Å². The number of anilines is 1. The maximum Gasteiger partial charge on any atom is 0.259 e. The van der Waals surface area contributed by atoms with Crippen molar-refractivity contribution in [1.82, 2.24) is 15.5 Å². The number of imide groups is 1. The molecular formula is C26H30N4O3. The first-order valence-electron chi connectivity index (χ1n) is 12.3. The van der Waals surface area contributed by atoms with Gasteiger partial charge in [0.15, 0.2) is 0 Å². The molecule has 0 aliphatic carbocycles. The van der Waals surface area contributed by atoms with Crippen LogP contribution in [0.4, 0.5) is 5.69 Å². The van der Waals surface area contributed by atoms with Crippen LogP contribution < -0.4 is 15.5 Å². The van der Waals surface area contributed by atoms with Crippen LogP contribution in [0.15, 0.2) is 30.3 Å². The highest BCUT2D eigenvalue weighted by atomic mass is 16.2. The molecular weight excluding hydrogens is 416 g/mol. The molecule has 0 saturated carbocycles. The highest BCUT2D eigenvalue weighted by Gasteiger charge is 2.41. The van der Waals surface area contributed by atoms with E-state index in [1.54, 1.807) is 4.90 Å². The van der Waals surface area contributed by atoms with Crippen LogP contribution in [-0.4, -0.2) is 60.9 Å². The van der Waals surface area contributed by atoms with Gasteiger partial charge < -0.3 is 10.2 Å². The van der Waals surface area contributed by atoms with Crippen LogP contribution in [0.3, 0.4) is 0 Å². The van der Waals surface area contributed by atoms with Gasteiger partial charge in [0.05, 0.1) is 5.69 Å². The van der Waals surface area contributed by atoms with Gasteiger partial charge in [-0.25, -0.2) is 0 Å². The number of nitrogens with one attached hydrogen (secondary N) is 2. The molecule has 2 N–H and O–H groups in total. The summed E-state index contributed by atoms with van der Waals surface area (Å²) in [5.74, 6) is -0.304. The SMILES string of the molecule is O=C1CCC(N2C(=O)c3ccc(C4CCN(C5CCNCC5)CC4)c4cccc2c34)C(=O)N1. The van der Waals surface area contributed by atoms with Crippen LogP contribution >= 0.6 is 0 Å². The van der Waals surface area contributed by atoms with Crippen LogP contribution in [0.1, 0.15) is 60.4 Å². The molecule has 33 heavy (non-hydrogen) atoms.